The third-order valence-electron chi connectivity index (χ3n) is 3.38. The number of carbonyl (C=O) groups is 1. The lowest BCUT2D eigenvalue weighted by molar-refractivity contribution is -0.127. The third kappa shape index (κ3) is 4.32. The van der Waals surface area contributed by atoms with Crippen LogP contribution in [0, 0.1) is 5.82 Å². The van der Waals surface area contributed by atoms with Crippen molar-refractivity contribution in [2.45, 2.75) is 32.9 Å². The van der Waals surface area contributed by atoms with Gasteiger partial charge < -0.3 is 10.1 Å². The van der Waals surface area contributed by atoms with Crippen LogP contribution in [0.3, 0.4) is 0 Å². The van der Waals surface area contributed by atoms with Gasteiger partial charge in [-0.05, 0) is 42.7 Å². The van der Waals surface area contributed by atoms with E-state index in [1.54, 1.807) is 19.1 Å². The van der Waals surface area contributed by atoms with E-state index < -0.39 is 6.10 Å². The fraction of sp³-hybridized carbons (Fsp3) is 0.278. The summed E-state index contributed by atoms with van der Waals surface area (Å²) in [5.41, 5.74) is 1.78. The summed E-state index contributed by atoms with van der Waals surface area (Å²) >= 11 is 0. The van der Waals surface area contributed by atoms with Crippen molar-refractivity contribution < 1.29 is 13.9 Å². The number of rotatable bonds is 6. The second kappa shape index (κ2) is 7.59. The van der Waals surface area contributed by atoms with Crippen molar-refractivity contribution in [1.82, 2.24) is 5.32 Å². The molecule has 2 aromatic carbocycles. The molecule has 0 aromatic heterocycles. The Hall–Kier alpha value is -2.36. The van der Waals surface area contributed by atoms with Gasteiger partial charge in [0.1, 0.15) is 11.6 Å². The van der Waals surface area contributed by atoms with E-state index >= 15 is 0 Å². The molecule has 2 aromatic rings. The first-order valence-corrected chi connectivity index (χ1v) is 7.37. The monoisotopic (exact) mass is 301 g/mol. The van der Waals surface area contributed by atoms with E-state index in [1.807, 2.05) is 31.2 Å². The summed E-state index contributed by atoms with van der Waals surface area (Å²) in [6.45, 7) is 4.02. The number of carbonyl (C=O) groups excluding carboxylic acids is 1. The van der Waals surface area contributed by atoms with Crippen molar-refractivity contribution in [2.75, 3.05) is 0 Å². The molecule has 0 heterocycles. The van der Waals surface area contributed by atoms with Crippen molar-refractivity contribution in [1.29, 1.82) is 0 Å². The maximum Gasteiger partial charge on any atom is 0.261 e. The molecule has 0 saturated carbocycles. The number of para-hydroxylation sites is 1. The van der Waals surface area contributed by atoms with Crippen molar-refractivity contribution >= 4 is 5.91 Å². The lowest BCUT2D eigenvalue weighted by Gasteiger charge is -2.17. The molecule has 4 heteroatoms. The topological polar surface area (TPSA) is 38.3 Å². The molecule has 0 fully saturated rings. The highest BCUT2D eigenvalue weighted by atomic mass is 19.1. The average molecular weight is 301 g/mol. The molecular weight excluding hydrogens is 281 g/mol. The van der Waals surface area contributed by atoms with Crippen LogP contribution in [-0.4, -0.2) is 12.0 Å². The van der Waals surface area contributed by atoms with Crippen LogP contribution >= 0.6 is 0 Å². The number of amides is 1. The predicted octanol–water partition coefficient (Wildman–Crippen LogP) is 3.47. The Morgan fingerprint density at radius 1 is 1.23 bits per heavy atom. The van der Waals surface area contributed by atoms with Crippen LogP contribution in [0.15, 0.2) is 48.5 Å². The van der Waals surface area contributed by atoms with Gasteiger partial charge >= 0.3 is 0 Å². The van der Waals surface area contributed by atoms with Crippen LogP contribution in [0.25, 0.3) is 0 Å². The maximum atomic E-state index is 13.1. The zero-order valence-corrected chi connectivity index (χ0v) is 12.8. The van der Waals surface area contributed by atoms with Crippen molar-refractivity contribution in [3.63, 3.8) is 0 Å². The SMILES string of the molecule is CCc1ccccc1OC(C)C(=O)NCc1cccc(F)c1. The highest BCUT2D eigenvalue weighted by Gasteiger charge is 2.15. The summed E-state index contributed by atoms with van der Waals surface area (Å²) in [4.78, 5) is 12.1. The number of nitrogens with one attached hydrogen (secondary N) is 1. The molecule has 0 spiro atoms. The van der Waals surface area contributed by atoms with E-state index in [9.17, 15) is 9.18 Å². The summed E-state index contributed by atoms with van der Waals surface area (Å²) in [5, 5.41) is 2.75. The molecule has 1 atom stereocenters. The number of halogens is 1. The first-order valence-electron chi connectivity index (χ1n) is 7.37. The van der Waals surface area contributed by atoms with Gasteiger partial charge in [-0.3, -0.25) is 4.79 Å². The van der Waals surface area contributed by atoms with E-state index in [0.29, 0.717) is 0 Å². The predicted molar refractivity (Wildman–Crippen MR) is 84.2 cm³/mol. The lowest BCUT2D eigenvalue weighted by atomic mass is 10.1. The van der Waals surface area contributed by atoms with Crippen molar-refractivity contribution in [3.8, 4) is 5.75 Å². The molecular formula is C18H20FNO2. The minimum absolute atomic E-state index is 0.227. The Labute approximate surface area is 130 Å². The van der Waals surface area contributed by atoms with E-state index in [-0.39, 0.29) is 18.3 Å². The normalized spacial score (nSPS) is 11.8. The first-order chi connectivity index (χ1) is 10.6. The summed E-state index contributed by atoms with van der Waals surface area (Å²) in [6, 6.07) is 13.8. The second-order valence-corrected chi connectivity index (χ2v) is 5.07. The Bertz CT molecular complexity index is 642. The molecule has 116 valence electrons. The zero-order chi connectivity index (χ0) is 15.9. The summed E-state index contributed by atoms with van der Waals surface area (Å²) < 4.78 is 18.8. The standard InChI is InChI=1S/C18H20FNO2/c1-3-15-8-4-5-10-17(15)22-13(2)18(21)20-12-14-7-6-9-16(19)11-14/h4-11,13H,3,12H2,1-2H3,(H,20,21). The van der Waals surface area contributed by atoms with Gasteiger partial charge in [-0.15, -0.1) is 0 Å². The number of ether oxygens (including phenoxy) is 1. The van der Waals surface area contributed by atoms with Crippen LogP contribution in [-0.2, 0) is 17.8 Å². The van der Waals surface area contributed by atoms with E-state index in [1.165, 1.54) is 12.1 Å². The van der Waals surface area contributed by atoms with E-state index in [2.05, 4.69) is 5.32 Å². The molecule has 1 unspecified atom stereocenters. The van der Waals surface area contributed by atoms with Crippen molar-refractivity contribution in [2.24, 2.45) is 0 Å². The van der Waals surface area contributed by atoms with Crippen LogP contribution in [0.1, 0.15) is 25.0 Å². The maximum absolute atomic E-state index is 13.1. The van der Waals surface area contributed by atoms with Gasteiger partial charge in [0.25, 0.3) is 5.91 Å². The summed E-state index contributed by atoms with van der Waals surface area (Å²) in [5.74, 6) is 0.182. The van der Waals surface area contributed by atoms with Gasteiger partial charge in [0.2, 0.25) is 0 Å². The fourth-order valence-corrected chi connectivity index (χ4v) is 2.13. The van der Waals surface area contributed by atoms with Crippen LogP contribution in [0.2, 0.25) is 0 Å². The molecule has 0 bridgehead atoms. The molecule has 0 aliphatic heterocycles. The highest BCUT2D eigenvalue weighted by molar-refractivity contribution is 5.80. The van der Waals surface area contributed by atoms with Crippen LogP contribution in [0.4, 0.5) is 4.39 Å². The Morgan fingerprint density at radius 3 is 2.73 bits per heavy atom. The van der Waals surface area contributed by atoms with Gasteiger partial charge in [0, 0.05) is 6.54 Å². The van der Waals surface area contributed by atoms with Gasteiger partial charge in [0.05, 0.1) is 0 Å². The van der Waals surface area contributed by atoms with Crippen LogP contribution < -0.4 is 10.1 Å². The molecule has 0 aliphatic carbocycles. The molecule has 2 rings (SSSR count). The summed E-state index contributed by atoms with van der Waals surface area (Å²) in [7, 11) is 0. The largest absolute Gasteiger partial charge is 0.481 e. The van der Waals surface area contributed by atoms with Gasteiger partial charge in [-0.2, -0.15) is 0 Å². The van der Waals surface area contributed by atoms with E-state index in [0.717, 1.165) is 23.3 Å². The zero-order valence-electron chi connectivity index (χ0n) is 12.8. The van der Waals surface area contributed by atoms with Gasteiger partial charge in [-0.25, -0.2) is 4.39 Å². The number of aryl methyl sites for hydroxylation is 1. The molecule has 0 aliphatic rings. The minimum Gasteiger partial charge on any atom is -0.481 e. The highest BCUT2D eigenvalue weighted by Crippen LogP contribution is 2.19. The molecule has 1 amide bonds. The van der Waals surface area contributed by atoms with Gasteiger partial charge in [-0.1, -0.05) is 37.3 Å². The molecule has 0 radical (unpaired) electrons. The Kier molecular flexibility index (Phi) is 5.53. The number of hydrogen-bond donors (Lipinski definition) is 1. The molecule has 1 N–H and O–H groups in total. The number of hydrogen-bond acceptors (Lipinski definition) is 2. The average Bonchev–Trinajstić information content (AvgIpc) is 2.53. The van der Waals surface area contributed by atoms with Crippen LogP contribution in [0.5, 0.6) is 5.75 Å². The quantitative estimate of drug-likeness (QED) is 0.887. The lowest BCUT2D eigenvalue weighted by Crippen LogP contribution is -2.36. The smallest absolute Gasteiger partial charge is 0.261 e. The Balaban J connectivity index is 1.92. The molecule has 3 nitrogen and oxygen atoms in total. The summed E-state index contributed by atoms with van der Waals surface area (Å²) in [6.07, 6.45) is 0.231. The number of benzene rings is 2. The molecule has 22 heavy (non-hydrogen) atoms. The van der Waals surface area contributed by atoms with E-state index in [4.69, 9.17) is 4.74 Å². The van der Waals surface area contributed by atoms with Crippen molar-refractivity contribution in [3.05, 3.63) is 65.5 Å². The minimum atomic E-state index is -0.610. The Morgan fingerprint density at radius 2 is 2.00 bits per heavy atom. The second-order valence-electron chi connectivity index (χ2n) is 5.07. The fourth-order valence-electron chi connectivity index (χ4n) is 2.13. The van der Waals surface area contributed by atoms with Gasteiger partial charge in [0.15, 0.2) is 6.10 Å². The molecule has 0 saturated heterocycles. The third-order valence-corrected chi connectivity index (χ3v) is 3.38. The first kappa shape index (κ1) is 16.0.